The van der Waals surface area contributed by atoms with Gasteiger partial charge in [-0.3, -0.25) is 14.6 Å². The number of amides is 2. The summed E-state index contributed by atoms with van der Waals surface area (Å²) in [6.45, 7) is 4.93. The molecule has 0 bridgehead atoms. The van der Waals surface area contributed by atoms with E-state index in [-0.39, 0.29) is 17.9 Å². The summed E-state index contributed by atoms with van der Waals surface area (Å²) in [4.78, 5) is 30.7. The zero-order valence-corrected chi connectivity index (χ0v) is 14.5. The van der Waals surface area contributed by atoms with Crippen molar-refractivity contribution in [3.05, 3.63) is 47.1 Å². The zero-order chi connectivity index (χ0) is 17.8. The lowest BCUT2D eigenvalue weighted by atomic mass is 10.0. The van der Waals surface area contributed by atoms with Crippen LogP contribution >= 0.6 is 0 Å². The fraction of sp³-hybridized carbons (Fsp3) is 0.444. The molecule has 1 aliphatic rings. The van der Waals surface area contributed by atoms with Crippen molar-refractivity contribution in [3.8, 4) is 0 Å². The van der Waals surface area contributed by atoms with Crippen LogP contribution in [0, 0.1) is 6.92 Å². The molecule has 132 valence electrons. The summed E-state index contributed by atoms with van der Waals surface area (Å²) in [7, 11) is 0. The quantitative estimate of drug-likeness (QED) is 0.918. The van der Waals surface area contributed by atoms with Crippen LogP contribution in [0.2, 0.25) is 0 Å². The fourth-order valence-electron chi connectivity index (χ4n) is 3.09. The van der Waals surface area contributed by atoms with Crippen molar-refractivity contribution in [2.24, 2.45) is 0 Å². The number of carbonyl (C=O) groups is 2. The van der Waals surface area contributed by atoms with E-state index in [1.807, 2.05) is 11.8 Å². The van der Waals surface area contributed by atoms with E-state index >= 15 is 0 Å². The van der Waals surface area contributed by atoms with Gasteiger partial charge in [-0.25, -0.2) is 0 Å². The Labute approximate surface area is 146 Å². The van der Waals surface area contributed by atoms with Crippen LogP contribution in [-0.2, 0) is 6.42 Å². The monoisotopic (exact) mass is 342 g/mol. The summed E-state index contributed by atoms with van der Waals surface area (Å²) in [5, 5.41) is 6.98. The van der Waals surface area contributed by atoms with Crippen LogP contribution in [-0.4, -0.2) is 46.0 Å². The van der Waals surface area contributed by atoms with Crippen molar-refractivity contribution in [1.29, 1.82) is 0 Å². The topological polar surface area (TPSA) is 88.3 Å². The summed E-state index contributed by atoms with van der Waals surface area (Å²) in [5.41, 5.74) is 1.89. The number of rotatable bonds is 4. The van der Waals surface area contributed by atoms with Gasteiger partial charge in [-0.05, 0) is 38.3 Å². The number of carbonyl (C=O) groups excluding carboxylic acids is 2. The molecule has 0 spiro atoms. The third kappa shape index (κ3) is 3.70. The van der Waals surface area contributed by atoms with Crippen LogP contribution in [0.4, 0.5) is 0 Å². The van der Waals surface area contributed by atoms with Crippen LogP contribution in [0.1, 0.15) is 51.9 Å². The predicted molar refractivity (Wildman–Crippen MR) is 91.2 cm³/mol. The van der Waals surface area contributed by atoms with Gasteiger partial charge in [0.15, 0.2) is 0 Å². The van der Waals surface area contributed by atoms with Crippen LogP contribution in [0.5, 0.6) is 0 Å². The first-order valence-electron chi connectivity index (χ1n) is 8.55. The number of aryl methyl sites for hydroxylation is 2. The third-order valence-corrected chi connectivity index (χ3v) is 4.54. The lowest BCUT2D eigenvalue weighted by molar-refractivity contribution is 0.0695. The molecule has 1 aliphatic heterocycles. The highest BCUT2D eigenvalue weighted by Crippen LogP contribution is 2.20. The third-order valence-electron chi connectivity index (χ3n) is 4.54. The second kappa shape index (κ2) is 7.46. The van der Waals surface area contributed by atoms with Gasteiger partial charge < -0.3 is 14.7 Å². The van der Waals surface area contributed by atoms with E-state index in [2.05, 4.69) is 15.5 Å². The molecule has 1 fully saturated rings. The van der Waals surface area contributed by atoms with E-state index in [1.165, 1.54) is 0 Å². The lowest BCUT2D eigenvalue weighted by Gasteiger charge is -2.32. The predicted octanol–water partition coefficient (Wildman–Crippen LogP) is 1.98. The molecule has 2 amide bonds. The summed E-state index contributed by atoms with van der Waals surface area (Å²) >= 11 is 0. The Balaban J connectivity index is 1.57. The van der Waals surface area contributed by atoms with Crippen molar-refractivity contribution in [2.45, 2.75) is 39.2 Å². The van der Waals surface area contributed by atoms with Gasteiger partial charge in [0, 0.05) is 37.1 Å². The first-order valence-corrected chi connectivity index (χ1v) is 8.55. The van der Waals surface area contributed by atoms with E-state index in [4.69, 9.17) is 4.52 Å². The Bertz CT molecular complexity index is 749. The maximum absolute atomic E-state index is 12.7. The maximum atomic E-state index is 12.7. The first kappa shape index (κ1) is 17.1. The second-order valence-electron chi connectivity index (χ2n) is 6.19. The zero-order valence-electron chi connectivity index (χ0n) is 14.5. The Morgan fingerprint density at radius 1 is 1.28 bits per heavy atom. The minimum atomic E-state index is -0.102. The van der Waals surface area contributed by atoms with Crippen LogP contribution in [0.25, 0.3) is 0 Å². The van der Waals surface area contributed by atoms with Crippen molar-refractivity contribution in [2.75, 3.05) is 13.1 Å². The maximum Gasteiger partial charge on any atom is 0.259 e. The van der Waals surface area contributed by atoms with E-state index < -0.39 is 0 Å². The average molecular weight is 342 g/mol. The number of likely N-dealkylation sites (tertiary alicyclic amines) is 1. The fourth-order valence-corrected chi connectivity index (χ4v) is 3.09. The van der Waals surface area contributed by atoms with Gasteiger partial charge in [-0.2, -0.15) is 0 Å². The van der Waals surface area contributed by atoms with Crippen molar-refractivity contribution in [3.63, 3.8) is 0 Å². The summed E-state index contributed by atoms with van der Waals surface area (Å²) in [5.74, 6) is 0.430. The van der Waals surface area contributed by atoms with Gasteiger partial charge in [-0.1, -0.05) is 12.1 Å². The molecule has 1 N–H and O–H groups in total. The number of hydrogen-bond donors (Lipinski definition) is 1. The second-order valence-corrected chi connectivity index (χ2v) is 6.19. The van der Waals surface area contributed by atoms with Crippen molar-refractivity contribution >= 4 is 11.8 Å². The minimum absolute atomic E-state index is 0.0329. The smallest absolute Gasteiger partial charge is 0.259 e. The van der Waals surface area contributed by atoms with Gasteiger partial charge in [0.05, 0.1) is 5.69 Å². The molecule has 3 rings (SSSR count). The first-order chi connectivity index (χ1) is 12.1. The van der Waals surface area contributed by atoms with Crippen molar-refractivity contribution in [1.82, 2.24) is 20.4 Å². The standard InChI is InChI=1S/C18H22N4O3/c1-3-15-16(12(2)25-21-15)18(24)22-10-6-14(7-11-22)20-17(23)13-4-8-19-9-5-13/h4-5,8-9,14H,3,6-7,10-11H2,1-2H3,(H,20,23). The molecule has 2 aromatic heterocycles. The largest absolute Gasteiger partial charge is 0.361 e. The number of aromatic nitrogens is 2. The van der Waals surface area contributed by atoms with Crippen molar-refractivity contribution < 1.29 is 14.1 Å². The molecule has 2 aromatic rings. The van der Waals surface area contributed by atoms with Gasteiger partial charge in [0.25, 0.3) is 11.8 Å². The normalized spacial score (nSPS) is 15.2. The molecule has 0 saturated carbocycles. The summed E-state index contributed by atoms with van der Waals surface area (Å²) in [6, 6.07) is 3.45. The Kier molecular flexibility index (Phi) is 5.11. The highest BCUT2D eigenvalue weighted by Gasteiger charge is 2.28. The molecule has 7 heteroatoms. The van der Waals surface area contributed by atoms with E-state index in [0.29, 0.717) is 42.1 Å². The molecule has 0 radical (unpaired) electrons. The number of piperidine rings is 1. The van der Waals surface area contributed by atoms with E-state index in [0.717, 1.165) is 12.8 Å². The molecular formula is C18H22N4O3. The Hall–Kier alpha value is -2.70. The molecule has 1 saturated heterocycles. The molecular weight excluding hydrogens is 320 g/mol. The van der Waals surface area contributed by atoms with Crippen LogP contribution in [0.3, 0.4) is 0 Å². The number of hydrogen-bond acceptors (Lipinski definition) is 5. The molecule has 25 heavy (non-hydrogen) atoms. The highest BCUT2D eigenvalue weighted by molar-refractivity contribution is 5.96. The van der Waals surface area contributed by atoms with Gasteiger partial charge in [-0.15, -0.1) is 0 Å². The molecule has 0 aromatic carbocycles. The number of pyridine rings is 1. The molecule has 7 nitrogen and oxygen atoms in total. The minimum Gasteiger partial charge on any atom is -0.361 e. The highest BCUT2D eigenvalue weighted by atomic mass is 16.5. The molecule has 0 atom stereocenters. The summed E-state index contributed by atoms with van der Waals surface area (Å²) in [6.07, 6.45) is 5.32. The molecule has 3 heterocycles. The van der Waals surface area contributed by atoms with E-state index in [9.17, 15) is 9.59 Å². The average Bonchev–Trinajstić information content (AvgIpc) is 3.03. The Morgan fingerprint density at radius 2 is 1.96 bits per heavy atom. The lowest BCUT2D eigenvalue weighted by Crippen LogP contribution is -2.46. The number of nitrogens with zero attached hydrogens (tertiary/aromatic N) is 3. The molecule has 0 unspecified atom stereocenters. The molecule has 0 aliphatic carbocycles. The van der Waals surface area contributed by atoms with Gasteiger partial charge in [0.2, 0.25) is 0 Å². The van der Waals surface area contributed by atoms with Gasteiger partial charge >= 0.3 is 0 Å². The number of nitrogens with one attached hydrogen (secondary N) is 1. The Morgan fingerprint density at radius 3 is 2.60 bits per heavy atom. The van der Waals surface area contributed by atoms with Crippen LogP contribution in [0.15, 0.2) is 29.0 Å². The SMILES string of the molecule is CCc1noc(C)c1C(=O)N1CCC(NC(=O)c2ccncc2)CC1. The van der Waals surface area contributed by atoms with Crippen LogP contribution < -0.4 is 5.32 Å². The summed E-state index contributed by atoms with van der Waals surface area (Å²) < 4.78 is 5.16. The van der Waals surface area contributed by atoms with E-state index in [1.54, 1.807) is 31.5 Å². The van der Waals surface area contributed by atoms with Gasteiger partial charge in [0.1, 0.15) is 11.3 Å².